The Labute approximate surface area is 120 Å². The van der Waals surface area contributed by atoms with Gasteiger partial charge in [0, 0.05) is 19.7 Å². The molecular formula is C9H11Br2N5S. The monoisotopic (exact) mass is 379 g/mol. The van der Waals surface area contributed by atoms with E-state index in [1.54, 1.807) is 16.0 Å². The van der Waals surface area contributed by atoms with Crippen molar-refractivity contribution >= 4 is 43.2 Å². The standard InChI is InChI=1S/C9H11Br2N5S/c1-16-4-5(14-15-16)2-7(13-12)6-3-8(10)17-9(6)11/h3-4,7,13H,2,12H2,1H3. The van der Waals surface area contributed by atoms with Gasteiger partial charge in [-0.05, 0) is 43.5 Å². The summed E-state index contributed by atoms with van der Waals surface area (Å²) in [6.45, 7) is 0. The van der Waals surface area contributed by atoms with Crippen LogP contribution in [-0.2, 0) is 13.5 Å². The first-order valence-corrected chi connectivity index (χ1v) is 7.26. The highest BCUT2D eigenvalue weighted by molar-refractivity contribution is 9.12. The molecule has 2 heterocycles. The van der Waals surface area contributed by atoms with Gasteiger partial charge in [0.15, 0.2) is 0 Å². The molecule has 17 heavy (non-hydrogen) atoms. The lowest BCUT2D eigenvalue weighted by Crippen LogP contribution is -2.29. The summed E-state index contributed by atoms with van der Waals surface area (Å²) in [5.41, 5.74) is 4.84. The molecule has 0 aliphatic rings. The van der Waals surface area contributed by atoms with Crippen LogP contribution in [0.25, 0.3) is 0 Å². The number of aryl methyl sites for hydroxylation is 1. The maximum absolute atomic E-state index is 5.60. The Bertz CT molecular complexity index is 509. The van der Waals surface area contributed by atoms with Crippen LogP contribution in [0.4, 0.5) is 0 Å². The molecule has 1 unspecified atom stereocenters. The minimum Gasteiger partial charge on any atom is -0.271 e. The molecule has 1 atom stereocenters. The number of aromatic nitrogens is 3. The van der Waals surface area contributed by atoms with Gasteiger partial charge in [-0.25, -0.2) is 0 Å². The largest absolute Gasteiger partial charge is 0.271 e. The Morgan fingerprint density at radius 1 is 1.59 bits per heavy atom. The van der Waals surface area contributed by atoms with Crippen LogP contribution in [0.15, 0.2) is 19.8 Å². The summed E-state index contributed by atoms with van der Waals surface area (Å²) in [5, 5.41) is 7.96. The van der Waals surface area contributed by atoms with Crippen LogP contribution >= 0.6 is 43.2 Å². The molecular weight excluding hydrogens is 370 g/mol. The van der Waals surface area contributed by atoms with Gasteiger partial charge in [0.2, 0.25) is 0 Å². The Morgan fingerprint density at radius 2 is 2.35 bits per heavy atom. The highest BCUT2D eigenvalue weighted by Gasteiger charge is 2.17. The molecule has 2 aromatic rings. The molecule has 0 radical (unpaired) electrons. The highest BCUT2D eigenvalue weighted by Crippen LogP contribution is 2.36. The zero-order valence-electron chi connectivity index (χ0n) is 9.02. The van der Waals surface area contributed by atoms with Crippen molar-refractivity contribution in [1.29, 1.82) is 0 Å². The number of hydrogen-bond donors (Lipinski definition) is 2. The third-order valence-electron chi connectivity index (χ3n) is 2.32. The summed E-state index contributed by atoms with van der Waals surface area (Å²) in [6.07, 6.45) is 2.59. The number of thiophene rings is 1. The van der Waals surface area contributed by atoms with Gasteiger partial charge in [0.25, 0.3) is 0 Å². The molecule has 0 aliphatic heterocycles. The van der Waals surface area contributed by atoms with Crippen LogP contribution in [0.2, 0.25) is 0 Å². The fourth-order valence-corrected chi connectivity index (χ4v) is 4.52. The van der Waals surface area contributed by atoms with Gasteiger partial charge in [-0.2, -0.15) is 0 Å². The Kier molecular flexibility index (Phi) is 4.31. The van der Waals surface area contributed by atoms with Gasteiger partial charge in [0.05, 0.1) is 19.3 Å². The van der Waals surface area contributed by atoms with Crippen LogP contribution in [0.3, 0.4) is 0 Å². The summed E-state index contributed by atoms with van der Waals surface area (Å²) >= 11 is 8.61. The zero-order chi connectivity index (χ0) is 12.4. The van der Waals surface area contributed by atoms with Crippen LogP contribution in [0.1, 0.15) is 17.3 Å². The van der Waals surface area contributed by atoms with E-state index in [1.807, 2.05) is 13.2 Å². The van der Waals surface area contributed by atoms with Crippen molar-refractivity contribution in [3.8, 4) is 0 Å². The molecule has 0 aromatic carbocycles. The van der Waals surface area contributed by atoms with Gasteiger partial charge in [-0.15, -0.1) is 16.4 Å². The number of hydrazine groups is 1. The predicted octanol–water partition coefficient (Wildman–Crippen LogP) is 2.15. The maximum Gasteiger partial charge on any atom is 0.0846 e. The van der Waals surface area contributed by atoms with E-state index in [2.05, 4.69) is 53.7 Å². The second-order valence-corrected chi connectivity index (χ2v) is 7.34. The van der Waals surface area contributed by atoms with Gasteiger partial charge >= 0.3 is 0 Å². The van der Waals surface area contributed by atoms with Crippen LogP contribution in [0.5, 0.6) is 0 Å². The SMILES string of the molecule is Cn1cc(CC(NN)c2cc(Br)sc2Br)nn1. The average molecular weight is 381 g/mol. The Hall–Kier alpha value is -0.280. The summed E-state index contributed by atoms with van der Waals surface area (Å²) in [6, 6.07) is 2.07. The van der Waals surface area contributed by atoms with E-state index in [9.17, 15) is 0 Å². The van der Waals surface area contributed by atoms with E-state index in [0.29, 0.717) is 6.42 Å². The number of nitrogens with two attached hydrogens (primary N) is 1. The lowest BCUT2D eigenvalue weighted by molar-refractivity contribution is 0.545. The number of halogens is 2. The second-order valence-electron chi connectivity index (χ2n) is 3.59. The van der Waals surface area contributed by atoms with Crippen molar-refractivity contribution in [1.82, 2.24) is 20.4 Å². The number of rotatable bonds is 4. The lowest BCUT2D eigenvalue weighted by atomic mass is 10.1. The Balaban J connectivity index is 2.19. The number of hydrogen-bond acceptors (Lipinski definition) is 5. The lowest BCUT2D eigenvalue weighted by Gasteiger charge is -2.13. The molecule has 2 aromatic heterocycles. The quantitative estimate of drug-likeness (QED) is 0.629. The first kappa shape index (κ1) is 13.2. The first-order valence-electron chi connectivity index (χ1n) is 4.86. The maximum atomic E-state index is 5.60. The average Bonchev–Trinajstić information content (AvgIpc) is 2.82. The minimum atomic E-state index is 0.0172. The summed E-state index contributed by atoms with van der Waals surface area (Å²) in [4.78, 5) is 0. The third kappa shape index (κ3) is 3.14. The van der Waals surface area contributed by atoms with Crippen molar-refractivity contribution in [2.75, 3.05) is 0 Å². The van der Waals surface area contributed by atoms with E-state index in [-0.39, 0.29) is 6.04 Å². The van der Waals surface area contributed by atoms with Gasteiger partial charge in [0.1, 0.15) is 0 Å². The molecule has 5 nitrogen and oxygen atoms in total. The van der Waals surface area contributed by atoms with Crippen molar-refractivity contribution < 1.29 is 0 Å². The van der Waals surface area contributed by atoms with Crippen molar-refractivity contribution in [3.63, 3.8) is 0 Å². The molecule has 0 amide bonds. The Morgan fingerprint density at radius 3 is 2.82 bits per heavy atom. The van der Waals surface area contributed by atoms with Crippen LogP contribution in [0, 0.1) is 0 Å². The number of nitrogens with zero attached hydrogens (tertiary/aromatic N) is 3. The molecule has 3 N–H and O–H groups in total. The summed E-state index contributed by atoms with van der Waals surface area (Å²) < 4.78 is 3.82. The van der Waals surface area contributed by atoms with Crippen molar-refractivity contribution in [2.45, 2.75) is 12.5 Å². The summed E-state index contributed by atoms with van der Waals surface area (Å²) in [5.74, 6) is 5.60. The predicted molar refractivity (Wildman–Crippen MR) is 74.5 cm³/mol. The molecule has 0 spiro atoms. The zero-order valence-corrected chi connectivity index (χ0v) is 13.0. The molecule has 8 heteroatoms. The fraction of sp³-hybridized carbons (Fsp3) is 0.333. The van der Waals surface area contributed by atoms with Gasteiger partial charge in [-0.1, -0.05) is 5.21 Å². The second kappa shape index (κ2) is 5.57. The van der Waals surface area contributed by atoms with E-state index < -0.39 is 0 Å². The van der Waals surface area contributed by atoms with Crippen molar-refractivity contribution in [2.24, 2.45) is 12.9 Å². The van der Waals surface area contributed by atoms with E-state index in [1.165, 1.54) is 0 Å². The molecule has 0 fully saturated rings. The van der Waals surface area contributed by atoms with Gasteiger partial charge < -0.3 is 0 Å². The summed E-state index contributed by atoms with van der Waals surface area (Å²) in [7, 11) is 1.85. The first-order chi connectivity index (χ1) is 8.10. The minimum absolute atomic E-state index is 0.0172. The van der Waals surface area contributed by atoms with E-state index in [0.717, 1.165) is 18.8 Å². The van der Waals surface area contributed by atoms with E-state index in [4.69, 9.17) is 5.84 Å². The van der Waals surface area contributed by atoms with Crippen LogP contribution < -0.4 is 11.3 Å². The van der Waals surface area contributed by atoms with E-state index >= 15 is 0 Å². The normalized spacial score (nSPS) is 12.9. The molecule has 0 saturated heterocycles. The van der Waals surface area contributed by atoms with Crippen LogP contribution in [-0.4, -0.2) is 15.0 Å². The fourth-order valence-electron chi connectivity index (χ4n) is 1.55. The van der Waals surface area contributed by atoms with Crippen molar-refractivity contribution in [3.05, 3.63) is 31.1 Å². The smallest absolute Gasteiger partial charge is 0.0846 e. The number of nitrogens with one attached hydrogen (secondary N) is 1. The molecule has 2 rings (SSSR count). The highest BCUT2D eigenvalue weighted by atomic mass is 79.9. The molecule has 0 saturated carbocycles. The van der Waals surface area contributed by atoms with Gasteiger partial charge in [-0.3, -0.25) is 16.0 Å². The molecule has 92 valence electrons. The topological polar surface area (TPSA) is 68.8 Å². The molecule has 0 bridgehead atoms. The molecule has 0 aliphatic carbocycles. The third-order valence-corrected chi connectivity index (χ3v) is 4.71.